The fourth-order valence-corrected chi connectivity index (χ4v) is 4.56. The highest BCUT2D eigenvalue weighted by Gasteiger charge is 2.77. The highest BCUT2D eigenvalue weighted by Crippen LogP contribution is 2.55. The van der Waals surface area contributed by atoms with Crippen LogP contribution in [0.2, 0.25) is 0 Å². The third kappa shape index (κ3) is 4.68. The third-order valence-corrected chi connectivity index (χ3v) is 7.33. The van der Waals surface area contributed by atoms with Crippen molar-refractivity contribution in [2.45, 2.75) is 50.3 Å². The molecule has 3 aromatic rings. The molecule has 1 N–H and O–H groups in total. The quantitative estimate of drug-likeness (QED) is 0.358. The van der Waals surface area contributed by atoms with Gasteiger partial charge in [-0.1, -0.05) is 54.6 Å². The summed E-state index contributed by atoms with van der Waals surface area (Å²) < 4.78 is 23.5. The maximum atomic E-state index is 13.2. The molecule has 38 heavy (non-hydrogen) atoms. The van der Waals surface area contributed by atoms with E-state index in [0.717, 1.165) is 0 Å². The molecule has 3 aromatic carbocycles. The van der Waals surface area contributed by atoms with E-state index in [2.05, 4.69) is 0 Å². The van der Waals surface area contributed by atoms with Crippen molar-refractivity contribution < 1.29 is 38.4 Å². The lowest BCUT2D eigenvalue weighted by atomic mass is 9.73. The van der Waals surface area contributed by atoms with Gasteiger partial charge in [-0.05, 0) is 57.2 Å². The maximum absolute atomic E-state index is 13.2. The molecule has 0 saturated carbocycles. The van der Waals surface area contributed by atoms with E-state index in [-0.39, 0.29) is 11.1 Å². The van der Waals surface area contributed by atoms with Crippen molar-refractivity contribution in [3.8, 4) is 0 Å². The molecule has 8 heteroatoms. The zero-order valence-electron chi connectivity index (χ0n) is 21.7. The van der Waals surface area contributed by atoms with E-state index in [4.69, 9.17) is 18.9 Å². The van der Waals surface area contributed by atoms with Crippen LogP contribution in [0.4, 0.5) is 0 Å². The summed E-state index contributed by atoms with van der Waals surface area (Å²) in [7, 11) is 0. The Morgan fingerprint density at radius 1 is 0.658 bits per heavy atom. The largest absolute Gasteiger partial charge is 0.459 e. The molecule has 4 atom stereocenters. The van der Waals surface area contributed by atoms with E-state index in [1.54, 1.807) is 91.0 Å². The van der Waals surface area contributed by atoms with Crippen LogP contribution < -0.4 is 0 Å². The summed E-state index contributed by atoms with van der Waals surface area (Å²) in [6.45, 7) is 5.31. The minimum atomic E-state index is -2.09. The van der Waals surface area contributed by atoms with Gasteiger partial charge in [0.15, 0.2) is 11.2 Å². The van der Waals surface area contributed by atoms with Crippen molar-refractivity contribution in [2.75, 3.05) is 6.61 Å². The number of carbonyl (C=O) groups is 3. The molecule has 1 fully saturated rings. The lowest BCUT2D eigenvalue weighted by Gasteiger charge is -2.44. The highest BCUT2D eigenvalue weighted by atomic mass is 16.8. The molecular weight excluding hydrogens is 488 g/mol. The number of ether oxygens (including phenoxy) is 4. The van der Waals surface area contributed by atoms with Crippen molar-refractivity contribution in [1.29, 1.82) is 0 Å². The van der Waals surface area contributed by atoms with E-state index in [9.17, 15) is 19.5 Å². The Hall–Kier alpha value is -4.01. The lowest BCUT2D eigenvalue weighted by Crippen LogP contribution is -2.65. The lowest BCUT2D eigenvalue weighted by molar-refractivity contribution is -0.263. The molecule has 1 aliphatic heterocycles. The highest BCUT2D eigenvalue weighted by molar-refractivity contribution is 5.91. The van der Waals surface area contributed by atoms with Crippen LogP contribution in [0.15, 0.2) is 91.0 Å². The molecule has 4 rings (SSSR count). The summed E-state index contributed by atoms with van der Waals surface area (Å²) in [6.07, 6.45) is 0. The molecule has 1 heterocycles. The minimum absolute atomic E-state index is 0.236. The average Bonchev–Trinajstić information content (AvgIpc) is 3.03. The van der Waals surface area contributed by atoms with Gasteiger partial charge in [-0.2, -0.15) is 0 Å². The molecule has 0 radical (unpaired) electrons. The Balaban J connectivity index is 1.69. The number of esters is 3. The molecule has 198 valence electrons. The van der Waals surface area contributed by atoms with Crippen molar-refractivity contribution in [1.82, 2.24) is 0 Å². The van der Waals surface area contributed by atoms with E-state index in [1.165, 1.54) is 27.7 Å². The van der Waals surface area contributed by atoms with Crippen molar-refractivity contribution >= 4 is 17.9 Å². The zero-order valence-corrected chi connectivity index (χ0v) is 21.7. The first-order valence-corrected chi connectivity index (χ1v) is 12.1. The molecule has 1 aliphatic rings. The van der Waals surface area contributed by atoms with Gasteiger partial charge in [-0.15, -0.1) is 0 Å². The fourth-order valence-electron chi connectivity index (χ4n) is 4.56. The predicted octanol–water partition coefficient (Wildman–Crippen LogP) is 4.57. The first-order valence-electron chi connectivity index (χ1n) is 12.1. The van der Waals surface area contributed by atoms with Gasteiger partial charge in [0.1, 0.15) is 12.2 Å². The van der Waals surface area contributed by atoms with Crippen molar-refractivity contribution in [3.63, 3.8) is 0 Å². The summed E-state index contributed by atoms with van der Waals surface area (Å²) in [5, 5.41) is 11.9. The van der Waals surface area contributed by atoms with Crippen LogP contribution in [0.5, 0.6) is 0 Å². The number of rotatable bonds is 7. The second kappa shape index (κ2) is 10.0. The monoisotopic (exact) mass is 518 g/mol. The summed E-state index contributed by atoms with van der Waals surface area (Å²) in [5.41, 5.74) is -4.81. The summed E-state index contributed by atoms with van der Waals surface area (Å²) in [5.74, 6) is -4.13. The molecule has 0 bridgehead atoms. The number of aliphatic hydroxyl groups is 1. The van der Waals surface area contributed by atoms with Gasteiger partial charge in [0.2, 0.25) is 5.79 Å². The second-order valence-corrected chi connectivity index (χ2v) is 9.84. The summed E-state index contributed by atoms with van der Waals surface area (Å²) >= 11 is 0. The Labute approximate surface area is 221 Å². The molecule has 8 nitrogen and oxygen atoms in total. The average molecular weight is 519 g/mol. The minimum Gasteiger partial charge on any atom is -0.459 e. The van der Waals surface area contributed by atoms with Crippen LogP contribution in [0.25, 0.3) is 0 Å². The molecule has 0 spiro atoms. The van der Waals surface area contributed by atoms with Crippen LogP contribution >= 0.6 is 0 Å². The van der Waals surface area contributed by atoms with Gasteiger partial charge < -0.3 is 24.1 Å². The first-order chi connectivity index (χ1) is 17.9. The second-order valence-electron chi connectivity index (χ2n) is 9.84. The molecule has 1 saturated heterocycles. The van der Waals surface area contributed by atoms with Crippen LogP contribution in [0.3, 0.4) is 0 Å². The Morgan fingerprint density at radius 2 is 1.05 bits per heavy atom. The third-order valence-electron chi connectivity index (χ3n) is 7.33. The van der Waals surface area contributed by atoms with Crippen LogP contribution in [0.1, 0.15) is 58.8 Å². The zero-order chi connectivity index (χ0) is 27.6. The van der Waals surface area contributed by atoms with E-state index >= 15 is 0 Å². The summed E-state index contributed by atoms with van der Waals surface area (Å²) in [6, 6.07) is 24.8. The van der Waals surface area contributed by atoms with Crippen LogP contribution in [-0.4, -0.2) is 52.2 Å². The van der Waals surface area contributed by atoms with Gasteiger partial charge in [-0.3, -0.25) is 0 Å². The fraction of sp³-hybridized carbons (Fsp3) is 0.300. The van der Waals surface area contributed by atoms with Gasteiger partial charge in [0, 0.05) is 6.92 Å². The smallest absolute Gasteiger partial charge is 0.340 e. The molecule has 0 aliphatic carbocycles. The Morgan fingerprint density at radius 3 is 1.50 bits per heavy atom. The normalized spacial score (nSPS) is 28.3. The SMILES string of the molecule is C[C@]1(OC(=O)c2ccccc2)O[C@](C)(COC(=O)c2ccccc2)[C@@](C)(OC(=O)c2ccccc2)[C@@]1(C)O. The Kier molecular flexibility index (Phi) is 7.14. The van der Waals surface area contributed by atoms with Crippen molar-refractivity contribution in [2.24, 2.45) is 0 Å². The van der Waals surface area contributed by atoms with Crippen LogP contribution in [-0.2, 0) is 18.9 Å². The number of hydrogen-bond acceptors (Lipinski definition) is 8. The van der Waals surface area contributed by atoms with E-state index in [1.807, 2.05) is 0 Å². The predicted molar refractivity (Wildman–Crippen MR) is 137 cm³/mol. The number of benzene rings is 3. The molecular formula is C30H30O8. The first kappa shape index (κ1) is 27.0. The summed E-state index contributed by atoms with van der Waals surface area (Å²) in [4.78, 5) is 38.9. The molecule has 0 aromatic heterocycles. The van der Waals surface area contributed by atoms with Gasteiger partial charge in [0.25, 0.3) is 0 Å². The maximum Gasteiger partial charge on any atom is 0.340 e. The molecule has 0 amide bonds. The van der Waals surface area contributed by atoms with E-state index < -0.39 is 47.1 Å². The Bertz CT molecular complexity index is 1310. The topological polar surface area (TPSA) is 108 Å². The van der Waals surface area contributed by atoms with E-state index in [0.29, 0.717) is 5.56 Å². The number of hydrogen-bond donors (Lipinski definition) is 1. The standard InChI is InChI=1S/C30H30O8/c1-27(20-35-24(31)21-14-8-5-9-15-21)29(3,36-25(32)22-16-10-6-11-17-22)28(2,34)30(4,38-27)37-26(33)23-18-12-7-13-19-23/h5-19,34H,20H2,1-4H3/t27-,28-,29-,30+/m1/s1. The van der Waals surface area contributed by atoms with Crippen molar-refractivity contribution in [3.05, 3.63) is 108 Å². The van der Waals surface area contributed by atoms with Gasteiger partial charge in [-0.25, -0.2) is 14.4 Å². The molecule has 0 unspecified atom stereocenters. The van der Waals surface area contributed by atoms with Gasteiger partial charge in [0.05, 0.1) is 16.7 Å². The van der Waals surface area contributed by atoms with Gasteiger partial charge >= 0.3 is 17.9 Å². The number of carbonyl (C=O) groups excluding carboxylic acids is 3. The van der Waals surface area contributed by atoms with Crippen LogP contribution in [0, 0.1) is 0 Å².